The van der Waals surface area contributed by atoms with Crippen molar-refractivity contribution in [1.82, 2.24) is 29.0 Å². The molecule has 1 aromatic heterocycles. The summed E-state index contributed by atoms with van der Waals surface area (Å²) in [5, 5.41) is 10.7. The van der Waals surface area contributed by atoms with Gasteiger partial charge in [0.2, 0.25) is 15.9 Å². The van der Waals surface area contributed by atoms with Crippen LogP contribution in [0.4, 0.5) is 10.5 Å². The van der Waals surface area contributed by atoms with E-state index in [1.807, 2.05) is 4.90 Å². The van der Waals surface area contributed by atoms with Gasteiger partial charge in [-0.1, -0.05) is 23.7 Å². The highest BCUT2D eigenvalue weighted by atomic mass is 35.5. The summed E-state index contributed by atoms with van der Waals surface area (Å²) < 4.78 is 30.1. The Bertz CT molecular complexity index is 1470. The highest BCUT2D eigenvalue weighted by molar-refractivity contribution is 7.88. The zero-order valence-corrected chi connectivity index (χ0v) is 26.5. The smallest absolute Gasteiger partial charge is 0.411 e. The van der Waals surface area contributed by atoms with Crippen LogP contribution < -0.4 is 11.1 Å². The third kappa shape index (κ3) is 7.28. The predicted molar refractivity (Wildman–Crippen MR) is 167 cm³/mol. The number of piperidine rings is 1. The Morgan fingerprint density at radius 1 is 1.14 bits per heavy atom. The number of aromatic nitrogens is 2. The van der Waals surface area contributed by atoms with Crippen LogP contribution in [-0.2, 0) is 19.6 Å². The SMILES string of the molecule is COC(=O)Nc1ccc(-c2nc([C@@H]3C[C@H](CN4CCN(S(C)(=O)=O)CC4)CN3C(=O)C3CCN(C(=N)N)CC3)[nH]c2Cl)cc1. The highest BCUT2D eigenvalue weighted by Gasteiger charge is 2.42. The van der Waals surface area contributed by atoms with Crippen LogP contribution in [0.15, 0.2) is 24.3 Å². The lowest BCUT2D eigenvalue weighted by atomic mass is 9.95. The summed E-state index contributed by atoms with van der Waals surface area (Å²) in [7, 11) is -1.92. The number of nitrogens with one attached hydrogen (secondary N) is 3. The Kier molecular flexibility index (Phi) is 9.68. The lowest BCUT2D eigenvalue weighted by Crippen LogP contribution is -2.49. The number of anilines is 1. The van der Waals surface area contributed by atoms with E-state index < -0.39 is 16.1 Å². The van der Waals surface area contributed by atoms with E-state index in [1.54, 1.807) is 29.2 Å². The topological polar surface area (TPSA) is 181 Å². The molecule has 0 spiro atoms. The molecule has 3 aliphatic heterocycles. The number of hydrogen-bond acceptors (Lipinski definition) is 8. The molecule has 3 aliphatic rings. The van der Waals surface area contributed by atoms with Crippen molar-refractivity contribution in [3.8, 4) is 11.3 Å². The van der Waals surface area contributed by atoms with E-state index in [2.05, 4.69) is 19.9 Å². The number of rotatable bonds is 7. The lowest BCUT2D eigenvalue weighted by molar-refractivity contribution is -0.138. The number of hydrogen-bond donors (Lipinski definition) is 4. The summed E-state index contributed by atoms with van der Waals surface area (Å²) in [6.07, 6.45) is 2.61. The molecule has 0 radical (unpaired) electrons. The molecule has 240 valence electrons. The van der Waals surface area contributed by atoms with Crippen molar-refractivity contribution in [3.05, 3.63) is 35.2 Å². The fourth-order valence-corrected chi connectivity index (χ4v) is 7.44. The highest BCUT2D eigenvalue weighted by Crippen LogP contribution is 2.39. The summed E-state index contributed by atoms with van der Waals surface area (Å²) in [6.45, 7) is 4.63. The van der Waals surface area contributed by atoms with Crippen LogP contribution in [0.25, 0.3) is 11.3 Å². The fourth-order valence-electron chi connectivity index (χ4n) is 6.37. The molecule has 2 atom stereocenters. The van der Waals surface area contributed by atoms with Crippen LogP contribution in [0.2, 0.25) is 5.15 Å². The van der Waals surface area contributed by atoms with Crippen molar-refractivity contribution in [2.75, 3.05) is 71.0 Å². The zero-order chi connectivity index (χ0) is 31.6. The minimum absolute atomic E-state index is 0.0258. The molecule has 1 aromatic carbocycles. The standard InChI is InChI=1S/C28H40ClN9O5S/c1-43-28(40)32-21-5-3-19(4-6-21)23-24(29)34-25(33-23)22-15-18(16-35-11-13-37(14-12-35)44(2,41)42)17-38(22)26(39)20-7-9-36(10-8-20)27(30)31/h3-6,18,20,22H,7-17H2,1-2H3,(H3,30,31)(H,32,40)(H,33,34)/t18-,22+/m1/s1. The minimum atomic E-state index is -3.22. The number of halogens is 1. The van der Waals surface area contributed by atoms with Crippen molar-refractivity contribution in [3.63, 3.8) is 0 Å². The normalized spacial score (nSPS) is 22.2. The number of amides is 2. The van der Waals surface area contributed by atoms with E-state index >= 15 is 0 Å². The average Bonchev–Trinajstić information content (AvgIpc) is 3.60. The van der Waals surface area contributed by atoms with Gasteiger partial charge in [-0.05, 0) is 37.3 Å². The summed E-state index contributed by atoms with van der Waals surface area (Å²) >= 11 is 6.66. The number of sulfonamides is 1. The number of imidazole rings is 1. The van der Waals surface area contributed by atoms with Crippen molar-refractivity contribution in [2.45, 2.75) is 25.3 Å². The molecular formula is C28H40ClN9O5S. The van der Waals surface area contributed by atoms with Gasteiger partial charge in [-0.2, -0.15) is 4.31 Å². The van der Waals surface area contributed by atoms with Gasteiger partial charge in [0.25, 0.3) is 0 Å². The molecule has 0 unspecified atom stereocenters. The van der Waals surface area contributed by atoms with Gasteiger partial charge < -0.3 is 30.2 Å². The van der Waals surface area contributed by atoms with Crippen LogP contribution in [0.1, 0.15) is 31.1 Å². The molecule has 3 fully saturated rings. The molecule has 0 bridgehead atoms. The molecule has 2 aromatic rings. The van der Waals surface area contributed by atoms with Gasteiger partial charge in [0, 0.05) is 69.5 Å². The molecule has 2 amide bonds. The van der Waals surface area contributed by atoms with Crippen LogP contribution in [0.3, 0.4) is 0 Å². The number of carbonyl (C=O) groups excluding carboxylic acids is 2. The van der Waals surface area contributed by atoms with Crippen molar-refractivity contribution in [1.29, 1.82) is 5.41 Å². The number of ether oxygens (including phenoxy) is 1. The number of nitrogens with two attached hydrogens (primary N) is 1. The largest absolute Gasteiger partial charge is 0.453 e. The third-order valence-electron chi connectivity index (χ3n) is 8.76. The summed E-state index contributed by atoms with van der Waals surface area (Å²) in [6, 6.07) is 6.76. The van der Waals surface area contributed by atoms with Gasteiger partial charge in [-0.3, -0.25) is 15.5 Å². The number of aromatic amines is 1. The second-order valence-corrected chi connectivity index (χ2v) is 14.1. The first-order valence-corrected chi connectivity index (χ1v) is 16.9. The first-order valence-electron chi connectivity index (χ1n) is 14.7. The molecule has 4 heterocycles. The number of guanidine groups is 1. The van der Waals surface area contributed by atoms with Crippen LogP contribution in [-0.4, -0.2) is 121 Å². The van der Waals surface area contributed by atoms with Gasteiger partial charge in [-0.15, -0.1) is 0 Å². The molecule has 5 N–H and O–H groups in total. The van der Waals surface area contributed by atoms with Gasteiger partial charge in [0.05, 0.1) is 19.4 Å². The maximum absolute atomic E-state index is 14.0. The summed E-state index contributed by atoms with van der Waals surface area (Å²) in [4.78, 5) is 39.6. The van der Waals surface area contributed by atoms with Crippen molar-refractivity contribution >= 4 is 45.3 Å². The average molecular weight is 650 g/mol. The molecule has 44 heavy (non-hydrogen) atoms. The van der Waals surface area contributed by atoms with Crippen LogP contribution in [0, 0.1) is 17.2 Å². The van der Waals surface area contributed by atoms with Gasteiger partial charge in [0.1, 0.15) is 16.7 Å². The molecular weight excluding hydrogens is 610 g/mol. The number of piperazine rings is 1. The Hall–Kier alpha value is -3.40. The van der Waals surface area contributed by atoms with Crippen LogP contribution >= 0.6 is 11.6 Å². The van der Waals surface area contributed by atoms with Crippen molar-refractivity contribution in [2.24, 2.45) is 17.6 Å². The van der Waals surface area contributed by atoms with Crippen LogP contribution in [0.5, 0.6) is 0 Å². The molecule has 0 saturated carbocycles. The molecule has 3 saturated heterocycles. The molecule has 0 aliphatic carbocycles. The molecule has 5 rings (SSSR count). The molecule has 14 nitrogen and oxygen atoms in total. The van der Waals surface area contributed by atoms with E-state index in [9.17, 15) is 18.0 Å². The van der Waals surface area contributed by atoms with Gasteiger partial charge >= 0.3 is 6.09 Å². The first kappa shape index (κ1) is 32.0. The number of methoxy groups -OCH3 is 1. The maximum atomic E-state index is 14.0. The number of H-pyrrole nitrogens is 1. The first-order chi connectivity index (χ1) is 20.9. The predicted octanol–water partition coefficient (Wildman–Crippen LogP) is 1.98. The number of nitrogens with zero attached hydrogens (tertiary/aromatic N) is 5. The number of likely N-dealkylation sites (tertiary alicyclic amines) is 2. The number of benzene rings is 1. The van der Waals surface area contributed by atoms with Crippen molar-refractivity contribution < 1.29 is 22.7 Å². The maximum Gasteiger partial charge on any atom is 0.411 e. The second kappa shape index (κ2) is 13.3. The van der Waals surface area contributed by atoms with Gasteiger partial charge in [0.15, 0.2) is 5.96 Å². The fraction of sp³-hybridized carbons (Fsp3) is 0.571. The zero-order valence-electron chi connectivity index (χ0n) is 25.0. The Morgan fingerprint density at radius 2 is 1.80 bits per heavy atom. The second-order valence-electron chi connectivity index (χ2n) is 11.7. The van der Waals surface area contributed by atoms with Gasteiger partial charge in [-0.25, -0.2) is 18.2 Å². The van der Waals surface area contributed by atoms with E-state index in [0.717, 1.165) is 12.1 Å². The third-order valence-corrected chi connectivity index (χ3v) is 10.3. The minimum Gasteiger partial charge on any atom is -0.453 e. The van der Waals surface area contributed by atoms with E-state index in [0.29, 0.717) is 87.4 Å². The lowest BCUT2D eigenvalue weighted by Gasteiger charge is -2.35. The Morgan fingerprint density at radius 3 is 2.39 bits per heavy atom. The van der Waals surface area contributed by atoms with E-state index in [1.165, 1.54) is 17.7 Å². The quantitative estimate of drug-likeness (QED) is 0.258. The van der Waals surface area contributed by atoms with E-state index in [4.69, 9.17) is 27.7 Å². The van der Waals surface area contributed by atoms with E-state index in [-0.39, 0.29) is 29.7 Å². The molecule has 16 heteroatoms. The monoisotopic (exact) mass is 649 g/mol. The Balaban J connectivity index is 1.33. The summed E-state index contributed by atoms with van der Waals surface area (Å²) in [5.41, 5.74) is 7.54. The Labute approximate surface area is 262 Å². The summed E-state index contributed by atoms with van der Waals surface area (Å²) in [5.74, 6) is 0.695. The number of carbonyl (C=O) groups is 2.